The van der Waals surface area contributed by atoms with Gasteiger partial charge < -0.3 is 14.6 Å². The molecule has 6 nitrogen and oxygen atoms in total. The van der Waals surface area contributed by atoms with Crippen LogP contribution in [0.25, 0.3) is 0 Å². The van der Waals surface area contributed by atoms with Crippen molar-refractivity contribution in [2.24, 2.45) is 0 Å². The third kappa shape index (κ3) is 3.54. The first-order valence-corrected chi connectivity index (χ1v) is 5.46. The Kier molecular flexibility index (Phi) is 5.05. The first-order valence-electron chi connectivity index (χ1n) is 5.46. The summed E-state index contributed by atoms with van der Waals surface area (Å²) in [5.41, 5.74) is 0.438. The van der Waals surface area contributed by atoms with E-state index in [4.69, 9.17) is 0 Å². The molecule has 0 radical (unpaired) electrons. The zero-order chi connectivity index (χ0) is 14.4. The van der Waals surface area contributed by atoms with Gasteiger partial charge in [0, 0.05) is 0 Å². The highest BCUT2D eigenvalue weighted by atomic mass is 16.5. The van der Waals surface area contributed by atoms with Crippen molar-refractivity contribution in [2.75, 3.05) is 14.2 Å². The standard InChI is InChI=1S/C13H14O6/c1-18-12(16)6-10(13(17)19-2)8-3-4-11(15)9(5-8)7-14/h3-5,7,10,15H,6H2,1-2H3/t10-/m0/s1. The number of aromatic hydroxyl groups is 1. The molecule has 102 valence electrons. The van der Waals surface area contributed by atoms with Crippen LogP contribution in [0.1, 0.15) is 28.3 Å². The number of carbonyl (C=O) groups excluding carboxylic acids is 3. The van der Waals surface area contributed by atoms with E-state index in [1.54, 1.807) is 0 Å². The summed E-state index contributed by atoms with van der Waals surface area (Å²) in [6, 6.07) is 4.08. The largest absolute Gasteiger partial charge is 0.507 e. The van der Waals surface area contributed by atoms with Crippen molar-refractivity contribution >= 4 is 18.2 Å². The number of aldehydes is 1. The molecule has 0 spiro atoms. The summed E-state index contributed by atoms with van der Waals surface area (Å²) in [6.45, 7) is 0. The van der Waals surface area contributed by atoms with Crippen LogP contribution in [0, 0.1) is 0 Å². The van der Waals surface area contributed by atoms with Crippen molar-refractivity contribution < 1.29 is 29.0 Å². The lowest BCUT2D eigenvalue weighted by Gasteiger charge is -2.14. The third-order valence-corrected chi connectivity index (χ3v) is 2.67. The lowest BCUT2D eigenvalue weighted by atomic mass is 9.94. The SMILES string of the molecule is COC(=O)C[C@H](C(=O)OC)c1ccc(O)c(C=O)c1. The molecule has 0 bridgehead atoms. The molecule has 1 N–H and O–H groups in total. The number of phenols is 1. The minimum Gasteiger partial charge on any atom is -0.507 e. The zero-order valence-corrected chi connectivity index (χ0v) is 10.6. The van der Waals surface area contributed by atoms with Crippen LogP contribution in [0.3, 0.4) is 0 Å². The van der Waals surface area contributed by atoms with Crippen molar-refractivity contribution in [3.8, 4) is 5.75 Å². The van der Waals surface area contributed by atoms with Crippen molar-refractivity contribution in [1.29, 1.82) is 0 Å². The van der Waals surface area contributed by atoms with E-state index >= 15 is 0 Å². The monoisotopic (exact) mass is 266 g/mol. The molecule has 0 aromatic heterocycles. The van der Waals surface area contributed by atoms with E-state index in [1.807, 2.05) is 0 Å². The number of carbonyl (C=O) groups is 3. The Labute approximate surface area is 109 Å². The van der Waals surface area contributed by atoms with Gasteiger partial charge in [-0.15, -0.1) is 0 Å². The number of esters is 2. The molecular weight excluding hydrogens is 252 g/mol. The van der Waals surface area contributed by atoms with Crippen molar-refractivity contribution in [1.82, 2.24) is 0 Å². The summed E-state index contributed by atoms with van der Waals surface area (Å²) in [5.74, 6) is -2.26. The predicted octanol–water partition coefficient (Wildman–Crippen LogP) is 1.02. The first-order chi connectivity index (χ1) is 9.03. The van der Waals surface area contributed by atoms with E-state index in [1.165, 1.54) is 32.4 Å². The molecule has 0 saturated heterocycles. The maximum absolute atomic E-state index is 11.7. The average molecular weight is 266 g/mol. The summed E-state index contributed by atoms with van der Waals surface area (Å²) < 4.78 is 9.13. The molecule has 0 fully saturated rings. The van der Waals surface area contributed by atoms with Crippen LogP contribution >= 0.6 is 0 Å². The maximum Gasteiger partial charge on any atom is 0.313 e. The molecule has 1 atom stereocenters. The predicted molar refractivity (Wildman–Crippen MR) is 64.9 cm³/mol. The molecule has 0 heterocycles. The quantitative estimate of drug-likeness (QED) is 0.632. The zero-order valence-electron chi connectivity index (χ0n) is 10.6. The number of rotatable bonds is 5. The highest BCUT2D eigenvalue weighted by Crippen LogP contribution is 2.26. The van der Waals surface area contributed by atoms with Crippen LogP contribution in [0.2, 0.25) is 0 Å². The maximum atomic E-state index is 11.7. The molecule has 0 aliphatic carbocycles. The Morgan fingerprint density at radius 1 is 1.32 bits per heavy atom. The molecule has 0 unspecified atom stereocenters. The molecule has 19 heavy (non-hydrogen) atoms. The molecule has 0 amide bonds. The summed E-state index contributed by atoms with van der Waals surface area (Å²) in [7, 11) is 2.41. The fraction of sp³-hybridized carbons (Fsp3) is 0.308. The number of hydrogen-bond acceptors (Lipinski definition) is 6. The van der Waals surface area contributed by atoms with Gasteiger partial charge >= 0.3 is 11.9 Å². The van der Waals surface area contributed by atoms with E-state index < -0.39 is 17.9 Å². The summed E-state index contributed by atoms with van der Waals surface area (Å²) >= 11 is 0. The minimum absolute atomic E-state index is 0.0382. The van der Waals surface area contributed by atoms with E-state index in [0.717, 1.165) is 0 Å². The number of hydrogen-bond donors (Lipinski definition) is 1. The lowest BCUT2D eigenvalue weighted by Crippen LogP contribution is -2.19. The minimum atomic E-state index is -0.878. The van der Waals surface area contributed by atoms with E-state index in [9.17, 15) is 19.5 Å². The third-order valence-electron chi connectivity index (χ3n) is 2.67. The number of ether oxygens (including phenoxy) is 2. The second kappa shape index (κ2) is 6.53. The molecule has 0 saturated carbocycles. The van der Waals surface area contributed by atoms with Gasteiger partial charge in [-0.05, 0) is 17.7 Å². The van der Waals surface area contributed by atoms with Gasteiger partial charge in [0.2, 0.25) is 0 Å². The van der Waals surface area contributed by atoms with Crippen LogP contribution in [-0.2, 0) is 19.1 Å². The van der Waals surface area contributed by atoms with Crippen molar-refractivity contribution in [3.63, 3.8) is 0 Å². The van der Waals surface area contributed by atoms with Gasteiger partial charge in [0.25, 0.3) is 0 Å². The average Bonchev–Trinajstić information content (AvgIpc) is 2.44. The Bertz CT molecular complexity index is 494. The fourth-order valence-electron chi connectivity index (χ4n) is 1.61. The first kappa shape index (κ1) is 14.7. The Hall–Kier alpha value is -2.37. The van der Waals surface area contributed by atoms with Gasteiger partial charge in [0.05, 0.1) is 32.1 Å². The molecule has 6 heteroatoms. The van der Waals surface area contributed by atoms with Crippen molar-refractivity contribution in [3.05, 3.63) is 29.3 Å². The molecule has 1 aromatic rings. The summed E-state index contributed by atoms with van der Waals surface area (Å²) in [4.78, 5) is 33.7. The lowest BCUT2D eigenvalue weighted by molar-refractivity contribution is -0.149. The van der Waals surface area contributed by atoms with Gasteiger partial charge in [-0.3, -0.25) is 14.4 Å². The Morgan fingerprint density at radius 3 is 2.53 bits per heavy atom. The van der Waals surface area contributed by atoms with Crippen LogP contribution in [0.15, 0.2) is 18.2 Å². The second-order valence-corrected chi connectivity index (χ2v) is 3.79. The van der Waals surface area contributed by atoms with Crippen LogP contribution in [0.5, 0.6) is 5.75 Å². The van der Waals surface area contributed by atoms with Crippen LogP contribution in [0.4, 0.5) is 0 Å². The van der Waals surface area contributed by atoms with Crippen LogP contribution < -0.4 is 0 Å². The van der Waals surface area contributed by atoms with E-state index in [0.29, 0.717) is 11.8 Å². The number of methoxy groups -OCH3 is 2. The van der Waals surface area contributed by atoms with Crippen LogP contribution in [-0.4, -0.2) is 37.6 Å². The Morgan fingerprint density at radius 2 is 2.00 bits per heavy atom. The van der Waals surface area contributed by atoms with E-state index in [2.05, 4.69) is 9.47 Å². The molecular formula is C13H14O6. The van der Waals surface area contributed by atoms with Gasteiger partial charge in [0.1, 0.15) is 5.75 Å². The number of phenolic OH excluding ortho intramolecular Hbond substituents is 1. The second-order valence-electron chi connectivity index (χ2n) is 3.79. The molecule has 1 rings (SSSR count). The normalized spacial score (nSPS) is 11.5. The topological polar surface area (TPSA) is 89.9 Å². The van der Waals surface area contributed by atoms with Crippen molar-refractivity contribution in [2.45, 2.75) is 12.3 Å². The molecule has 0 aliphatic heterocycles. The smallest absolute Gasteiger partial charge is 0.313 e. The highest BCUT2D eigenvalue weighted by Gasteiger charge is 2.25. The highest BCUT2D eigenvalue weighted by molar-refractivity contribution is 5.86. The number of benzene rings is 1. The molecule has 1 aromatic carbocycles. The molecule has 0 aliphatic rings. The van der Waals surface area contributed by atoms with Gasteiger partial charge in [-0.1, -0.05) is 6.07 Å². The fourth-order valence-corrected chi connectivity index (χ4v) is 1.61. The van der Waals surface area contributed by atoms with Gasteiger partial charge in [0.15, 0.2) is 6.29 Å². The van der Waals surface area contributed by atoms with Gasteiger partial charge in [-0.25, -0.2) is 0 Å². The van der Waals surface area contributed by atoms with E-state index in [-0.39, 0.29) is 17.7 Å². The van der Waals surface area contributed by atoms with Gasteiger partial charge in [-0.2, -0.15) is 0 Å². The Balaban J connectivity index is 3.13. The summed E-state index contributed by atoms with van der Waals surface area (Å²) in [6.07, 6.45) is 0.261. The summed E-state index contributed by atoms with van der Waals surface area (Å²) in [5, 5.41) is 9.40.